The van der Waals surface area contributed by atoms with Crippen LogP contribution in [0.5, 0.6) is 0 Å². The molecular weight excluding hydrogens is 244 g/mol. The summed E-state index contributed by atoms with van der Waals surface area (Å²) in [5.41, 5.74) is 3.86. The first-order valence-electron chi connectivity index (χ1n) is 7.77. The average Bonchev–Trinajstić information content (AvgIpc) is 2.45. The lowest BCUT2D eigenvalue weighted by molar-refractivity contribution is 0.233. The third kappa shape index (κ3) is 2.79. The van der Waals surface area contributed by atoms with Crippen molar-refractivity contribution >= 4 is 16.6 Å². The number of hydrogen-bond acceptors (Lipinski definition) is 2. The van der Waals surface area contributed by atoms with Crippen LogP contribution in [-0.4, -0.2) is 11.5 Å². The molecule has 1 aliphatic carbocycles. The number of fused-ring (bicyclic) bond motifs is 1. The third-order valence-electron chi connectivity index (χ3n) is 4.61. The van der Waals surface area contributed by atoms with E-state index < -0.39 is 0 Å². The van der Waals surface area contributed by atoms with Crippen molar-refractivity contribution in [2.45, 2.75) is 46.0 Å². The van der Waals surface area contributed by atoms with Crippen LogP contribution in [0.2, 0.25) is 0 Å². The molecular formula is C18H24N2. The van der Waals surface area contributed by atoms with Crippen LogP contribution in [0.3, 0.4) is 0 Å². The molecule has 1 aliphatic rings. The van der Waals surface area contributed by atoms with Crippen molar-refractivity contribution in [1.82, 2.24) is 4.98 Å². The first kappa shape index (κ1) is 13.4. The summed E-state index contributed by atoms with van der Waals surface area (Å²) in [7, 11) is 0. The summed E-state index contributed by atoms with van der Waals surface area (Å²) in [4.78, 5) is 4.61. The van der Waals surface area contributed by atoms with Crippen molar-refractivity contribution in [3.8, 4) is 0 Å². The van der Waals surface area contributed by atoms with Crippen molar-refractivity contribution in [2.24, 2.45) is 5.41 Å². The van der Waals surface area contributed by atoms with Gasteiger partial charge < -0.3 is 5.32 Å². The lowest BCUT2D eigenvalue weighted by Gasteiger charge is -2.34. The van der Waals surface area contributed by atoms with Gasteiger partial charge in [0.15, 0.2) is 0 Å². The molecule has 2 nitrogen and oxygen atoms in total. The van der Waals surface area contributed by atoms with Crippen LogP contribution < -0.4 is 5.32 Å². The van der Waals surface area contributed by atoms with Crippen LogP contribution in [0, 0.1) is 12.3 Å². The molecule has 1 fully saturated rings. The molecule has 2 aromatic rings. The van der Waals surface area contributed by atoms with Gasteiger partial charge in [0.25, 0.3) is 0 Å². The van der Waals surface area contributed by atoms with Crippen LogP contribution in [0.15, 0.2) is 30.3 Å². The van der Waals surface area contributed by atoms with Gasteiger partial charge in [0.05, 0.1) is 5.52 Å². The van der Waals surface area contributed by atoms with E-state index in [2.05, 4.69) is 54.5 Å². The summed E-state index contributed by atoms with van der Waals surface area (Å²) in [6.45, 7) is 5.57. The number of anilines is 1. The molecule has 106 valence electrons. The van der Waals surface area contributed by atoms with Crippen molar-refractivity contribution < 1.29 is 0 Å². The monoisotopic (exact) mass is 268 g/mol. The highest BCUT2D eigenvalue weighted by Gasteiger charge is 2.26. The number of rotatable bonds is 3. The van der Waals surface area contributed by atoms with E-state index in [4.69, 9.17) is 0 Å². The number of para-hydroxylation sites is 1. The van der Waals surface area contributed by atoms with Gasteiger partial charge in [-0.05, 0) is 37.3 Å². The van der Waals surface area contributed by atoms with E-state index in [9.17, 15) is 0 Å². The molecule has 1 heterocycles. The predicted octanol–water partition coefficient (Wildman–Crippen LogP) is 4.93. The molecule has 0 bridgehead atoms. The van der Waals surface area contributed by atoms with E-state index in [1.807, 2.05) is 0 Å². The molecule has 2 heteroatoms. The van der Waals surface area contributed by atoms with Crippen LogP contribution in [0.1, 0.15) is 44.7 Å². The summed E-state index contributed by atoms with van der Waals surface area (Å²) in [5.74, 6) is 0. The number of nitrogens with one attached hydrogen (secondary N) is 1. The van der Waals surface area contributed by atoms with Crippen molar-refractivity contribution in [1.29, 1.82) is 0 Å². The van der Waals surface area contributed by atoms with E-state index in [1.54, 1.807) is 0 Å². The van der Waals surface area contributed by atoms with E-state index in [-0.39, 0.29) is 0 Å². The van der Waals surface area contributed by atoms with Gasteiger partial charge in [0.1, 0.15) is 0 Å². The Morgan fingerprint density at radius 2 is 1.90 bits per heavy atom. The largest absolute Gasteiger partial charge is 0.384 e. The molecule has 0 aliphatic heterocycles. The third-order valence-corrected chi connectivity index (χ3v) is 4.61. The Morgan fingerprint density at radius 1 is 1.15 bits per heavy atom. The van der Waals surface area contributed by atoms with Gasteiger partial charge in [-0.2, -0.15) is 0 Å². The Balaban J connectivity index is 1.83. The Bertz CT molecular complexity index is 597. The minimum atomic E-state index is 0.455. The first-order valence-corrected chi connectivity index (χ1v) is 7.77. The second kappa shape index (κ2) is 5.43. The van der Waals surface area contributed by atoms with E-state index in [1.165, 1.54) is 43.2 Å². The fourth-order valence-electron chi connectivity index (χ4n) is 3.34. The van der Waals surface area contributed by atoms with Crippen LogP contribution in [0.4, 0.5) is 5.69 Å². The summed E-state index contributed by atoms with van der Waals surface area (Å²) < 4.78 is 0. The zero-order valence-corrected chi connectivity index (χ0v) is 12.6. The van der Waals surface area contributed by atoms with E-state index >= 15 is 0 Å². The maximum absolute atomic E-state index is 4.61. The summed E-state index contributed by atoms with van der Waals surface area (Å²) >= 11 is 0. The highest BCUT2D eigenvalue weighted by molar-refractivity contribution is 5.91. The zero-order chi connectivity index (χ0) is 14.0. The van der Waals surface area contributed by atoms with Crippen LogP contribution in [0.25, 0.3) is 10.9 Å². The van der Waals surface area contributed by atoms with Gasteiger partial charge in [-0.15, -0.1) is 0 Å². The SMILES string of the molecule is Cc1cc(NCC2(C)CCCCC2)c2ccccc2n1. The standard InChI is InChI=1S/C18H24N2/c1-14-12-17(15-8-4-5-9-16(15)20-14)19-13-18(2)10-6-3-7-11-18/h4-5,8-9,12H,3,6-7,10-11,13H2,1-2H3,(H,19,20). The molecule has 0 unspecified atom stereocenters. The zero-order valence-electron chi connectivity index (χ0n) is 12.6. The second-order valence-corrected chi connectivity index (χ2v) is 6.55. The molecule has 0 amide bonds. The molecule has 1 saturated carbocycles. The number of aryl methyl sites for hydroxylation is 1. The fraction of sp³-hybridized carbons (Fsp3) is 0.500. The minimum Gasteiger partial charge on any atom is -0.384 e. The van der Waals surface area contributed by atoms with Crippen LogP contribution >= 0.6 is 0 Å². The predicted molar refractivity (Wildman–Crippen MR) is 86.2 cm³/mol. The number of aromatic nitrogens is 1. The minimum absolute atomic E-state index is 0.455. The second-order valence-electron chi connectivity index (χ2n) is 6.55. The van der Waals surface area contributed by atoms with Crippen molar-refractivity contribution in [2.75, 3.05) is 11.9 Å². The molecule has 1 aromatic heterocycles. The summed E-state index contributed by atoms with van der Waals surface area (Å²) in [6.07, 6.45) is 6.87. The Hall–Kier alpha value is -1.57. The number of pyridine rings is 1. The smallest absolute Gasteiger partial charge is 0.0725 e. The van der Waals surface area contributed by atoms with Crippen LogP contribution in [-0.2, 0) is 0 Å². The Labute approximate surface area is 121 Å². The van der Waals surface area contributed by atoms with Crippen molar-refractivity contribution in [3.63, 3.8) is 0 Å². The topological polar surface area (TPSA) is 24.9 Å². The molecule has 0 radical (unpaired) electrons. The molecule has 1 aromatic carbocycles. The molecule has 20 heavy (non-hydrogen) atoms. The van der Waals surface area contributed by atoms with Gasteiger partial charge in [-0.3, -0.25) is 4.98 Å². The van der Waals surface area contributed by atoms with Gasteiger partial charge in [0, 0.05) is 23.3 Å². The molecule has 0 atom stereocenters. The van der Waals surface area contributed by atoms with Gasteiger partial charge in [-0.1, -0.05) is 44.4 Å². The van der Waals surface area contributed by atoms with Gasteiger partial charge in [0.2, 0.25) is 0 Å². The Kier molecular flexibility index (Phi) is 3.64. The normalized spacial score (nSPS) is 18.1. The highest BCUT2D eigenvalue weighted by atomic mass is 14.9. The van der Waals surface area contributed by atoms with Gasteiger partial charge >= 0.3 is 0 Å². The number of benzene rings is 1. The number of hydrogen-bond donors (Lipinski definition) is 1. The Morgan fingerprint density at radius 3 is 2.70 bits per heavy atom. The quantitative estimate of drug-likeness (QED) is 0.854. The van der Waals surface area contributed by atoms with E-state index in [0.717, 1.165) is 17.8 Å². The molecule has 0 spiro atoms. The van der Waals surface area contributed by atoms with Crippen molar-refractivity contribution in [3.05, 3.63) is 36.0 Å². The molecule has 3 rings (SSSR count). The fourth-order valence-corrected chi connectivity index (χ4v) is 3.34. The number of nitrogens with zero attached hydrogens (tertiary/aromatic N) is 1. The molecule has 1 N–H and O–H groups in total. The lowest BCUT2D eigenvalue weighted by atomic mass is 9.75. The summed E-state index contributed by atoms with van der Waals surface area (Å²) in [5, 5.41) is 4.93. The summed E-state index contributed by atoms with van der Waals surface area (Å²) in [6, 6.07) is 10.6. The first-order chi connectivity index (χ1) is 9.66. The average molecular weight is 268 g/mol. The maximum Gasteiger partial charge on any atom is 0.0725 e. The van der Waals surface area contributed by atoms with Gasteiger partial charge in [-0.25, -0.2) is 0 Å². The van der Waals surface area contributed by atoms with E-state index in [0.29, 0.717) is 5.41 Å². The highest BCUT2D eigenvalue weighted by Crippen LogP contribution is 2.36. The maximum atomic E-state index is 4.61. The lowest BCUT2D eigenvalue weighted by Crippen LogP contribution is -2.29. The molecule has 0 saturated heterocycles.